The Morgan fingerprint density at radius 1 is 1.25 bits per heavy atom. The van der Waals surface area contributed by atoms with E-state index in [2.05, 4.69) is 16.5 Å². The number of aromatic hydroxyl groups is 1. The van der Waals surface area contributed by atoms with Crippen LogP contribution in [-0.4, -0.2) is 37.3 Å². The second-order valence-corrected chi connectivity index (χ2v) is 7.96. The Balaban J connectivity index is 1.68. The van der Waals surface area contributed by atoms with E-state index in [0.717, 1.165) is 11.3 Å². The minimum Gasteiger partial charge on any atom is -0.506 e. The van der Waals surface area contributed by atoms with E-state index in [1.807, 2.05) is 24.3 Å². The summed E-state index contributed by atoms with van der Waals surface area (Å²) in [5.74, 6) is 0.0353. The van der Waals surface area contributed by atoms with Crippen LogP contribution in [-0.2, 0) is 11.2 Å². The summed E-state index contributed by atoms with van der Waals surface area (Å²) in [6.07, 6.45) is 3.36. The van der Waals surface area contributed by atoms with E-state index in [0.29, 0.717) is 35.3 Å². The van der Waals surface area contributed by atoms with Gasteiger partial charge in [-0.3, -0.25) is 4.79 Å². The van der Waals surface area contributed by atoms with Crippen molar-refractivity contribution in [1.29, 1.82) is 0 Å². The number of anilines is 2. The lowest BCUT2D eigenvalue weighted by atomic mass is 9.97. The maximum Gasteiger partial charge on any atom is 0.250 e. The average molecular weight is 447 g/mol. The van der Waals surface area contributed by atoms with Gasteiger partial charge >= 0.3 is 0 Å². The number of nitrogens with two attached hydrogens (primary N) is 1. The summed E-state index contributed by atoms with van der Waals surface area (Å²) >= 11 is 5.98. The average Bonchev–Trinajstić information content (AvgIpc) is 3.20. The van der Waals surface area contributed by atoms with Crippen LogP contribution in [0.15, 0.2) is 61.4 Å². The van der Waals surface area contributed by atoms with Crippen LogP contribution in [0.2, 0.25) is 5.02 Å². The van der Waals surface area contributed by atoms with Crippen LogP contribution in [0.4, 0.5) is 11.5 Å². The van der Waals surface area contributed by atoms with Crippen molar-refractivity contribution in [3.05, 3.63) is 72.0 Å². The first-order chi connectivity index (χ1) is 15.5. The zero-order chi connectivity index (χ0) is 22.4. The quantitative estimate of drug-likeness (QED) is 0.464. The van der Waals surface area contributed by atoms with E-state index in [1.165, 1.54) is 18.5 Å². The lowest BCUT2D eigenvalue weighted by Crippen LogP contribution is -2.40. The molecule has 4 aromatic rings. The van der Waals surface area contributed by atoms with Gasteiger partial charge in [0, 0.05) is 17.8 Å². The maximum atomic E-state index is 12.6. The van der Waals surface area contributed by atoms with Gasteiger partial charge in [0.2, 0.25) is 5.91 Å². The summed E-state index contributed by atoms with van der Waals surface area (Å²) in [5.41, 5.74) is 9.81. The third-order valence-electron chi connectivity index (χ3n) is 5.66. The fourth-order valence-electron chi connectivity index (χ4n) is 4.17. The Labute approximate surface area is 188 Å². The van der Waals surface area contributed by atoms with Crippen molar-refractivity contribution in [2.45, 2.75) is 12.5 Å². The van der Waals surface area contributed by atoms with Gasteiger partial charge in [-0.1, -0.05) is 42.4 Å². The summed E-state index contributed by atoms with van der Waals surface area (Å²) < 4.78 is 1.79. The fraction of sp³-hybridized carbons (Fsp3) is 0.130. The number of hydrogen-bond acceptors (Lipinski definition) is 6. The Morgan fingerprint density at radius 3 is 2.84 bits per heavy atom. The van der Waals surface area contributed by atoms with Gasteiger partial charge in [-0.2, -0.15) is 5.10 Å². The first-order valence-corrected chi connectivity index (χ1v) is 10.3. The first kappa shape index (κ1) is 20.0. The Morgan fingerprint density at radius 2 is 2.06 bits per heavy atom. The third kappa shape index (κ3) is 3.16. The number of carbonyl (C=O) groups excluding carboxylic acids is 1. The van der Waals surface area contributed by atoms with Gasteiger partial charge in [-0.25, -0.2) is 14.6 Å². The third-order valence-corrected chi connectivity index (χ3v) is 5.98. The Bertz CT molecular complexity index is 1380. The standard InChI is InChI=1S/C23H19ClN6O2/c1-2-19(32)29-11-15(9-13-5-3-4-6-17(13)29)30-23-20(22(25)26-12-27-23)21(28-30)14-7-8-16(24)18(31)10-14/h2-8,10,12,15,31H,1,9,11H2,(H2,25,26,27). The smallest absolute Gasteiger partial charge is 0.250 e. The van der Waals surface area contributed by atoms with Crippen LogP contribution >= 0.6 is 11.6 Å². The second kappa shape index (κ2) is 7.65. The molecular formula is C23H19ClN6O2. The van der Waals surface area contributed by atoms with Gasteiger partial charge < -0.3 is 15.7 Å². The molecule has 1 unspecified atom stereocenters. The molecule has 0 bridgehead atoms. The number of hydrogen-bond donors (Lipinski definition) is 2. The molecule has 0 aliphatic carbocycles. The zero-order valence-electron chi connectivity index (χ0n) is 16.9. The molecule has 0 radical (unpaired) electrons. The number of halogens is 1. The number of phenolic OH excluding ortho intramolecular Hbond substituents is 1. The summed E-state index contributed by atoms with van der Waals surface area (Å²) in [4.78, 5) is 22.9. The van der Waals surface area contributed by atoms with Crippen molar-refractivity contribution in [1.82, 2.24) is 19.7 Å². The topological polar surface area (TPSA) is 110 Å². The van der Waals surface area contributed by atoms with Crippen molar-refractivity contribution >= 4 is 40.0 Å². The molecular weight excluding hydrogens is 428 g/mol. The Kier molecular flexibility index (Phi) is 4.79. The van der Waals surface area contributed by atoms with Crippen LogP contribution < -0.4 is 10.6 Å². The molecule has 0 saturated heterocycles. The number of carbonyl (C=O) groups is 1. The number of rotatable bonds is 3. The molecule has 3 N–H and O–H groups in total. The molecule has 5 rings (SSSR count). The minimum absolute atomic E-state index is 0.0587. The molecule has 1 atom stereocenters. The molecule has 1 aliphatic heterocycles. The monoisotopic (exact) mass is 446 g/mol. The van der Waals surface area contributed by atoms with E-state index in [4.69, 9.17) is 22.4 Å². The summed E-state index contributed by atoms with van der Waals surface area (Å²) in [5, 5.41) is 15.7. The maximum absolute atomic E-state index is 12.6. The molecule has 9 heteroatoms. The van der Waals surface area contributed by atoms with Crippen molar-refractivity contribution in [3.8, 4) is 17.0 Å². The number of nitrogen functional groups attached to an aromatic ring is 1. The molecule has 32 heavy (non-hydrogen) atoms. The molecule has 1 aliphatic rings. The molecule has 0 fully saturated rings. The lowest BCUT2D eigenvalue weighted by Gasteiger charge is -2.34. The summed E-state index contributed by atoms with van der Waals surface area (Å²) in [6, 6.07) is 12.5. The predicted octanol–water partition coefficient (Wildman–Crippen LogP) is 3.75. The van der Waals surface area contributed by atoms with Gasteiger partial charge in [0.25, 0.3) is 0 Å². The van der Waals surface area contributed by atoms with E-state index < -0.39 is 0 Å². The fourth-order valence-corrected chi connectivity index (χ4v) is 4.29. The van der Waals surface area contributed by atoms with Crippen LogP contribution in [0.25, 0.3) is 22.3 Å². The van der Waals surface area contributed by atoms with Crippen molar-refractivity contribution in [2.75, 3.05) is 17.2 Å². The SMILES string of the molecule is C=CC(=O)N1CC(n2nc(-c3ccc(Cl)c(O)c3)c3c(N)ncnc32)Cc2ccccc21. The van der Waals surface area contributed by atoms with E-state index in [9.17, 15) is 9.90 Å². The van der Waals surface area contributed by atoms with Gasteiger partial charge in [-0.15, -0.1) is 0 Å². The highest BCUT2D eigenvalue weighted by atomic mass is 35.5. The Hall–Kier alpha value is -3.91. The van der Waals surface area contributed by atoms with Crippen molar-refractivity contribution in [3.63, 3.8) is 0 Å². The summed E-state index contributed by atoms with van der Waals surface area (Å²) in [6.45, 7) is 4.04. The number of fused-ring (bicyclic) bond motifs is 2. The van der Waals surface area contributed by atoms with Crippen LogP contribution in [0.3, 0.4) is 0 Å². The molecule has 8 nitrogen and oxygen atoms in total. The predicted molar refractivity (Wildman–Crippen MR) is 124 cm³/mol. The molecule has 0 saturated carbocycles. The number of phenols is 1. The number of nitrogens with zero attached hydrogens (tertiary/aromatic N) is 5. The molecule has 160 valence electrons. The molecule has 2 aromatic heterocycles. The van der Waals surface area contributed by atoms with Crippen molar-refractivity contribution in [2.24, 2.45) is 0 Å². The van der Waals surface area contributed by atoms with Gasteiger partial charge in [-0.05, 0) is 36.3 Å². The van der Waals surface area contributed by atoms with Gasteiger partial charge in [0.15, 0.2) is 5.65 Å². The highest BCUT2D eigenvalue weighted by Crippen LogP contribution is 2.38. The summed E-state index contributed by atoms with van der Waals surface area (Å²) in [7, 11) is 0. The van der Waals surface area contributed by atoms with Crippen LogP contribution in [0, 0.1) is 0 Å². The molecule has 0 spiro atoms. The van der Waals surface area contributed by atoms with Crippen molar-refractivity contribution < 1.29 is 9.90 Å². The molecule has 3 heterocycles. The highest BCUT2D eigenvalue weighted by Gasteiger charge is 2.31. The number of benzene rings is 2. The normalized spacial score (nSPS) is 15.5. The molecule has 2 aromatic carbocycles. The highest BCUT2D eigenvalue weighted by molar-refractivity contribution is 6.32. The number of para-hydroxylation sites is 1. The largest absolute Gasteiger partial charge is 0.506 e. The van der Waals surface area contributed by atoms with E-state index in [-0.39, 0.29) is 28.5 Å². The van der Waals surface area contributed by atoms with E-state index >= 15 is 0 Å². The van der Waals surface area contributed by atoms with E-state index in [1.54, 1.807) is 21.7 Å². The number of amides is 1. The molecule has 1 amide bonds. The number of aromatic nitrogens is 4. The van der Waals surface area contributed by atoms with Crippen LogP contribution in [0.1, 0.15) is 11.6 Å². The van der Waals surface area contributed by atoms with Gasteiger partial charge in [0.05, 0.1) is 16.5 Å². The minimum atomic E-state index is -0.194. The van der Waals surface area contributed by atoms with Gasteiger partial charge in [0.1, 0.15) is 23.6 Å². The van der Waals surface area contributed by atoms with Crippen LogP contribution in [0.5, 0.6) is 5.75 Å². The lowest BCUT2D eigenvalue weighted by molar-refractivity contribution is -0.114. The zero-order valence-corrected chi connectivity index (χ0v) is 17.7. The second-order valence-electron chi connectivity index (χ2n) is 7.56. The first-order valence-electron chi connectivity index (χ1n) is 9.97.